The molecule has 0 spiro atoms. The van der Waals surface area contributed by atoms with Crippen molar-refractivity contribution in [2.45, 2.75) is 53.4 Å². The number of unbranched alkanes of at least 4 members (excludes halogenated alkanes) is 2. The molecule has 0 bridgehead atoms. The average molecular weight is 1620 g/mol. The van der Waals surface area contributed by atoms with Gasteiger partial charge in [0.2, 0.25) is 0 Å². The van der Waals surface area contributed by atoms with Crippen molar-refractivity contribution < 1.29 is 57.8 Å². The van der Waals surface area contributed by atoms with Gasteiger partial charge in [0.1, 0.15) is 35.2 Å². The molecule has 0 amide bonds. The molecule has 0 unspecified atom stereocenters. The molecule has 494 valence electrons. The van der Waals surface area contributed by atoms with Gasteiger partial charge in [0.15, 0.2) is 0 Å². The number of pyridine rings is 2. The molecule has 2 radical (unpaired) electrons. The Hall–Kier alpha value is -9.08. The Morgan fingerprint density at radius 2 is 0.734 bits per heavy atom. The quantitative estimate of drug-likeness (QED) is 0.0395. The van der Waals surface area contributed by atoms with Gasteiger partial charge in [0, 0.05) is 76.4 Å². The molecule has 14 rings (SSSR count). The van der Waals surface area contributed by atoms with Crippen LogP contribution in [-0.2, 0) is 40.2 Å². The molecular weight excluding hydrogens is 1550 g/mol. The summed E-state index contributed by atoms with van der Waals surface area (Å²) in [5.41, 5.74) is 9.52. The molecule has 24 heteroatoms. The fourth-order valence-corrected chi connectivity index (χ4v) is 10.4. The maximum Gasteiger partial charge on any atom is 0.144 e. The minimum atomic E-state index is -0.946. The van der Waals surface area contributed by atoms with Gasteiger partial charge in [0.25, 0.3) is 0 Å². The maximum atomic E-state index is 13.6. The predicted molar refractivity (Wildman–Crippen MR) is 348 cm³/mol. The van der Waals surface area contributed by atoms with E-state index in [1.807, 2.05) is 60.7 Å². The molecule has 0 aliphatic carbocycles. The zero-order chi connectivity index (χ0) is 64.1. The Morgan fingerprint density at radius 1 is 0.383 bits per heavy atom. The molecule has 0 fully saturated rings. The van der Waals surface area contributed by atoms with Gasteiger partial charge in [-0.1, -0.05) is 0 Å². The van der Waals surface area contributed by atoms with Gasteiger partial charge < -0.3 is 68.8 Å². The van der Waals surface area contributed by atoms with Crippen LogP contribution in [-0.4, -0.2) is 89.8 Å². The first-order valence-electron chi connectivity index (χ1n) is 29.8. The summed E-state index contributed by atoms with van der Waals surface area (Å²) in [6, 6.07) is 52.4. The monoisotopic (exact) mass is 1620 g/mol. The largest absolute Gasteiger partial charge is 0.508 e. The first-order chi connectivity index (χ1) is 44.8. The van der Waals surface area contributed by atoms with Gasteiger partial charge >= 0.3 is 0 Å². The summed E-state index contributed by atoms with van der Waals surface area (Å²) in [5.74, 6) is -1.67. The van der Waals surface area contributed by atoms with Crippen LogP contribution < -0.4 is 39.2 Å². The van der Waals surface area contributed by atoms with Crippen LogP contribution in [0.1, 0.15) is 53.4 Å². The number of allylic oxidation sites excluding steroid dienone is 4. The molecular formula is C70H66F4Ir2N18-12. The Balaban J connectivity index is 0.000000150. The molecule has 4 aromatic heterocycles. The van der Waals surface area contributed by atoms with E-state index in [9.17, 15) is 17.6 Å². The van der Waals surface area contributed by atoms with Crippen LogP contribution in [0.5, 0.6) is 0 Å². The molecule has 0 atom stereocenters. The summed E-state index contributed by atoms with van der Waals surface area (Å²) in [5, 5.41) is 0. The standard InChI is InChI=1S/C26H30N4.C22H22N4.2C11H7F2N5.2Ir/c1-21-23(3)29(25-13-7-5-8-14-25)19-27(21)17-11-12-18-28-20-30(24(4)22(28)2)26-15-9-6-10-16-26;1-3-9-21(10-4-1)25-17-15-23(19-25)13-7-8-14-24-16-18-26(20-24)22-11-5-2-6-12-22;2*1-17-6-18(11-10(17)14-4-5-15-11)7-2-3-8(12)16-9(7)13;;/h5-10,13,15,19-20H,11-12,17-18H2,1-4H3;1-6,9,11,15-20H,7-8,13-14H2;2*3-6H,1H3;;/q2*-4;2*-2;;. The first-order valence-corrected chi connectivity index (χ1v) is 29.8. The molecule has 8 aromatic rings. The first kappa shape index (κ1) is 69.3. The van der Waals surface area contributed by atoms with Crippen molar-refractivity contribution in [3.63, 3.8) is 0 Å². The van der Waals surface area contributed by atoms with E-state index in [0.29, 0.717) is 23.3 Å². The van der Waals surface area contributed by atoms with Gasteiger partial charge in [-0.3, -0.25) is 17.6 Å². The van der Waals surface area contributed by atoms with Crippen molar-refractivity contribution in [3.05, 3.63) is 282 Å². The van der Waals surface area contributed by atoms with Crippen molar-refractivity contribution in [1.82, 2.24) is 49.5 Å². The molecule has 0 saturated heterocycles. The zero-order valence-electron chi connectivity index (χ0n) is 52.4. The van der Waals surface area contributed by atoms with Crippen molar-refractivity contribution in [2.75, 3.05) is 79.5 Å². The van der Waals surface area contributed by atoms with E-state index in [-0.39, 0.29) is 51.6 Å². The van der Waals surface area contributed by atoms with Crippen LogP contribution >= 0.6 is 0 Å². The number of para-hydroxylation sites is 4. The van der Waals surface area contributed by atoms with Crippen LogP contribution in [0, 0.1) is 100 Å². The smallest absolute Gasteiger partial charge is 0.144 e. The van der Waals surface area contributed by atoms with Gasteiger partial charge in [-0.25, -0.2) is 19.9 Å². The van der Waals surface area contributed by atoms with E-state index in [0.717, 1.165) is 86.7 Å². The van der Waals surface area contributed by atoms with Crippen LogP contribution in [0.3, 0.4) is 0 Å². The van der Waals surface area contributed by atoms with E-state index >= 15 is 0 Å². The van der Waals surface area contributed by atoms with Crippen molar-refractivity contribution in [2.24, 2.45) is 0 Å². The third kappa shape index (κ3) is 16.6. The Kier molecular flexibility index (Phi) is 24.1. The number of aromatic nitrogens is 6. The summed E-state index contributed by atoms with van der Waals surface area (Å²) in [6.07, 6.45) is 19.0. The van der Waals surface area contributed by atoms with E-state index in [1.54, 1.807) is 37.2 Å². The molecule has 6 aliphatic heterocycles. The molecule has 0 N–H and O–H groups in total. The van der Waals surface area contributed by atoms with E-state index in [2.05, 4.69) is 221 Å². The van der Waals surface area contributed by atoms with E-state index in [4.69, 9.17) is 0 Å². The number of hydrogen-bond acceptors (Lipinski definition) is 18. The summed E-state index contributed by atoms with van der Waals surface area (Å²) in [6.45, 7) is 24.7. The third-order valence-corrected chi connectivity index (χ3v) is 15.5. The maximum absolute atomic E-state index is 13.6. The summed E-state index contributed by atoms with van der Waals surface area (Å²) >= 11 is 0. The number of hydrogen-bond donors (Lipinski definition) is 0. The van der Waals surface area contributed by atoms with Crippen LogP contribution in [0.4, 0.5) is 75.0 Å². The Bertz CT molecular complexity index is 3630. The van der Waals surface area contributed by atoms with E-state index < -0.39 is 23.8 Å². The second-order valence-electron chi connectivity index (χ2n) is 21.5. The number of halogens is 4. The zero-order valence-corrected chi connectivity index (χ0v) is 57.2. The summed E-state index contributed by atoms with van der Waals surface area (Å²) < 4.78 is 52.7. The SMILES string of the molecule is CC1=C(C)N(c2[c-]cccc2)[CH-]N1CCCCN1[CH-]N(c2[c-]cccc2)C(C)=C1C.CN1[CH-]N(c2[c-]cc(F)nc2F)c2nccnc21.CN1[CH-]N(c2[c-]cc(F)nc2F)c2nccnc21.[Ir].[Ir].[c-]1ccccc1N1C=CN(CCCCN2C=CN(c3[c-]cccc3)[CH-]2)[CH-]1. The predicted octanol–water partition coefficient (Wildman–Crippen LogP) is 13.3. The minimum absolute atomic E-state index is 0. The number of rotatable bonds is 16. The molecule has 10 heterocycles. The normalized spacial score (nSPS) is 15.3. The second-order valence-corrected chi connectivity index (χ2v) is 21.5. The summed E-state index contributed by atoms with van der Waals surface area (Å²) in [4.78, 5) is 46.8. The van der Waals surface area contributed by atoms with Crippen molar-refractivity contribution in [3.8, 4) is 0 Å². The fourth-order valence-electron chi connectivity index (χ4n) is 10.4. The average Bonchev–Trinajstić information content (AvgIpc) is 1.65. The van der Waals surface area contributed by atoms with Crippen LogP contribution in [0.25, 0.3) is 0 Å². The fraction of sp³-hybridized carbons (Fsp3) is 0.200. The molecule has 4 aromatic carbocycles. The van der Waals surface area contributed by atoms with E-state index in [1.165, 1.54) is 57.4 Å². The number of anilines is 10. The van der Waals surface area contributed by atoms with Crippen LogP contribution in [0.2, 0.25) is 0 Å². The van der Waals surface area contributed by atoms with Crippen molar-refractivity contribution in [1.29, 1.82) is 0 Å². The second kappa shape index (κ2) is 32.7. The Morgan fingerprint density at radius 3 is 1.09 bits per heavy atom. The number of fused-ring (bicyclic) bond motifs is 2. The topological polar surface area (TPSA) is 116 Å². The molecule has 94 heavy (non-hydrogen) atoms. The van der Waals surface area contributed by atoms with Gasteiger partial charge in [-0.05, 0) is 141 Å². The summed E-state index contributed by atoms with van der Waals surface area (Å²) in [7, 11) is 3.50. The Labute approximate surface area is 575 Å². The molecule has 0 saturated carbocycles. The van der Waals surface area contributed by atoms with Crippen molar-refractivity contribution >= 4 is 57.4 Å². The molecule has 6 aliphatic rings. The third-order valence-electron chi connectivity index (χ3n) is 15.5. The van der Waals surface area contributed by atoms with Gasteiger partial charge in [0.05, 0.1) is 11.9 Å². The molecule has 18 nitrogen and oxygen atoms in total. The number of nitrogens with zero attached hydrogens (tertiary/aromatic N) is 18. The van der Waals surface area contributed by atoms with Gasteiger partial charge in [-0.15, -0.1) is 48.2 Å². The van der Waals surface area contributed by atoms with Crippen LogP contribution in [0.15, 0.2) is 182 Å². The number of benzene rings is 4. The van der Waals surface area contributed by atoms with Gasteiger partial charge in [-0.2, -0.15) is 160 Å². The minimum Gasteiger partial charge on any atom is -0.508 e.